The maximum Gasteiger partial charge on any atom is 0.316 e. The predicted molar refractivity (Wildman–Crippen MR) is 64.8 cm³/mol. The van der Waals surface area contributed by atoms with Crippen LogP contribution in [0.2, 0.25) is 0 Å². The van der Waals surface area contributed by atoms with E-state index in [0.29, 0.717) is 0 Å². The molecular formula is C14H16O4. The number of ether oxygens (including phenoxy) is 3. The molecule has 3 rings (SSSR count). The number of aryl methyl sites for hydroxylation is 1. The van der Waals surface area contributed by atoms with Crippen LogP contribution < -0.4 is 9.47 Å². The Kier molecular flexibility index (Phi) is 2.47. The third-order valence-electron chi connectivity index (χ3n) is 4.02. The Labute approximate surface area is 106 Å². The zero-order chi connectivity index (χ0) is 12.8. The lowest BCUT2D eigenvalue weighted by Crippen LogP contribution is -2.43. The Bertz CT molecular complexity index is 503. The van der Waals surface area contributed by atoms with Crippen molar-refractivity contribution in [1.82, 2.24) is 0 Å². The lowest BCUT2D eigenvalue weighted by molar-refractivity contribution is -0.151. The van der Waals surface area contributed by atoms with E-state index in [1.165, 1.54) is 7.11 Å². The SMILES string of the molecule is COC(=O)C1(c2cc3c(cc2C)OCO3)CCC1. The van der Waals surface area contributed by atoms with Crippen molar-refractivity contribution in [1.29, 1.82) is 0 Å². The average Bonchev–Trinajstić information content (AvgIpc) is 2.74. The van der Waals surface area contributed by atoms with Crippen molar-refractivity contribution in [2.24, 2.45) is 0 Å². The molecule has 2 aliphatic rings. The first kappa shape index (κ1) is 11.4. The van der Waals surface area contributed by atoms with Crippen LogP contribution in [0.25, 0.3) is 0 Å². The summed E-state index contributed by atoms with van der Waals surface area (Å²) in [6.45, 7) is 2.25. The van der Waals surface area contributed by atoms with Gasteiger partial charge < -0.3 is 14.2 Å². The summed E-state index contributed by atoms with van der Waals surface area (Å²) in [5, 5.41) is 0. The summed E-state index contributed by atoms with van der Waals surface area (Å²) in [4.78, 5) is 12.1. The minimum atomic E-state index is -0.472. The molecule has 18 heavy (non-hydrogen) atoms. The fourth-order valence-corrected chi connectivity index (χ4v) is 2.87. The fraction of sp³-hybridized carbons (Fsp3) is 0.500. The molecule has 1 aliphatic heterocycles. The van der Waals surface area contributed by atoms with Crippen LogP contribution in [0, 0.1) is 6.92 Å². The number of esters is 1. The van der Waals surface area contributed by atoms with Crippen LogP contribution in [0.15, 0.2) is 12.1 Å². The highest BCUT2D eigenvalue weighted by molar-refractivity contribution is 5.85. The average molecular weight is 248 g/mol. The van der Waals surface area contributed by atoms with E-state index in [-0.39, 0.29) is 12.8 Å². The molecule has 4 heteroatoms. The van der Waals surface area contributed by atoms with Crippen LogP contribution in [0.5, 0.6) is 11.5 Å². The minimum Gasteiger partial charge on any atom is -0.468 e. The van der Waals surface area contributed by atoms with E-state index < -0.39 is 5.41 Å². The lowest BCUT2D eigenvalue weighted by atomic mass is 9.63. The molecule has 0 unspecified atom stereocenters. The third-order valence-corrected chi connectivity index (χ3v) is 4.02. The van der Waals surface area contributed by atoms with Gasteiger partial charge in [0.1, 0.15) is 0 Å². The summed E-state index contributed by atoms with van der Waals surface area (Å²) in [5.41, 5.74) is 1.61. The van der Waals surface area contributed by atoms with E-state index in [1.54, 1.807) is 0 Å². The highest BCUT2D eigenvalue weighted by atomic mass is 16.7. The van der Waals surface area contributed by atoms with Crippen LogP contribution in [0.4, 0.5) is 0 Å². The monoisotopic (exact) mass is 248 g/mol. The van der Waals surface area contributed by atoms with Gasteiger partial charge in [0, 0.05) is 0 Å². The Morgan fingerprint density at radius 1 is 1.28 bits per heavy atom. The van der Waals surface area contributed by atoms with Crippen molar-refractivity contribution in [2.75, 3.05) is 13.9 Å². The number of methoxy groups -OCH3 is 1. The first-order valence-corrected chi connectivity index (χ1v) is 6.16. The number of fused-ring (bicyclic) bond motifs is 1. The van der Waals surface area contributed by atoms with Gasteiger partial charge in [-0.1, -0.05) is 6.42 Å². The first-order chi connectivity index (χ1) is 8.67. The van der Waals surface area contributed by atoms with Crippen molar-refractivity contribution >= 4 is 5.97 Å². The summed E-state index contributed by atoms with van der Waals surface area (Å²) < 4.78 is 15.7. The number of hydrogen-bond acceptors (Lipinski definition) is 4. The summed E-state index contributed by atoms with van der Waals surface area (Å²) in [7, 11) is 1.45. The highest BCUT2D eigenvalue weighted by Gasteiger charge is 2.48. The molecule has 96 valence electrons. The van der Waals surface area contributed by atoms with Gasteiger partial charge in [0.15, 0.2) is 11.5 Å². The summed E-state index contributed by atoms with van der Waals surface area (Å²) >= 11 is 0. The molecular weight excluding hydrogens is 232 g/mol. The van der Waals surface area contributed by atoms with Gasteiger partial charge >= 0.3 is 5.97 Å². The molecule has 1 aromatic rings. The van der Waals surface area contributed by atoms with Gasteiger partial charge in [0.25, 0.3) is 0 Å². The predicted octanol–water partition coefficient (Wildman–Crippen LogP) is 2.32. The maximum absolute atomic E-state index is 12.1. The molecule has 0 aromatic heterocycles. The third kappa shape index (κ3) is 1.41. The second kappa shape index (κ2) is 3.90. The first-order valence-electron chi connectivity index (χ1n) is 6.16. The van der Waals surface area contributed by atoms with E-state index in [9.17, 15) is 4.79 Å². The molecule has 0 atom stereocenters. The summed E-state index contributed by atoms with van der Waals surface area (Å²) in [5.74, 6) is 1.34. The van der Waals surface area contributed by atoms with Gasteiger partial charge in [-0.3, -0.25) is 4.79 Å². The van der Waals surface area contributed by atoms with Gasteiger partial charge in [0.05, 0.1) is 12.5 Å². The Morgan fingerprint density at radius 3 is 2.50 bits per heavy atom. The largest absolute Gasteiger partial charge is 0.468 e. The number of benzene rings is 1. The second-order valence-electron chi connectivity index (χ2n) is 4.95. The van der Waals surface area contributed by atoms with Crippen molar-refractivity contribution in [2.45, 2.75) is 31.6 Å². The van der Waals surface area contributed by atoms with Crippen molar-refractivity contribution in [3.05, 3.63) is 23.3 Å². The van der Waals surface area contributed by atoms with Gasteiger partial charge in [-0.15, -0.1) is 0 Å². The molecule has 0 saturated heterocycles. The van der Waals surface area contributed by atoms with E-state index in [2.05, 4.69) is 0 Å². The highest BCUT2D eigenvalue weighted by Crippen LogP contribution is 2.48. The standard InChI is InChI=1S/C14H16O4/c1-9-6-11-12(18-8-17-11)7-10(9)14(4-3-5-14)13(15)16-2/h6-7H,3-5,8H2,1-2H3. The van der Waals surface area contributed by atoms with E-state index in [1.807, 2.05) is 19.1 Å². The number of rotatable bonds is 2. The smallest absolute Gasteiger partial charge is 0.316 e. The molecule has 0 bridgehead atoms. The van der Waals surface area contributed by atoms with E-state index in [4.69, 9.17) is 14.2 Å². The Morgan fingerprint density at radius 2 is 1.94 bits per heavy atom. The van der Waals surface area contributed by atoms with Crippen molar-refractivity contribution in [3.8, 4) is 11.5 Å². The van der Waals surface area contributed by atoms with E-state index >= 15 is 0 Å². The Balaban J connectivity index is 2.08. The van der Waals surface area contributed by atoms with Crippen LogP contribution >= 0.6 is 0 Å². The minimum absolute atomic E-state index is 0.143. The van der Waals surface area contributed by atoms with Gasteiger partial charge in [0.2, 0.25) is 6.79 Å². The number of carbonyl (C=O) groups is 1. The van der Waals surface area contributed by atoms with Gasteiger partial charge in [-0.2, -0.15) is 0 Å². The zero-order valence-electron chi connectivity index (χ0n) is 10.6. The molecule has 1 heterocycles. The molecule has 1 saturated carbocycles. The Hall–Kier alpha value is -1.71. The topological polar surface area (TPSA) is 44.8 Å². The van der Waals surface area contributed by atoms with Crippen LogP contribution in [0.1, 0.15) is 30.4 Å². The normalized spacial score (nSPS) is 19.2. The molecule has 0 radical (unpaired) electrons. The molecule has 0 spiro atoms. The van der Waals surface area contributed by atoms with Crippen molar-refractivity contribution in [3.63, 3.8) is 0 Å². The number of hydrogen-bond donors (Lipinski definition) is 0. The van der Waals surface area contributed by atoms with Crippen LogP contribution in [-0.2, 0) is 14.9 Å². The quantitative estimate of drug-likeness (QED) is 0.753. The molecule has 1 aromatic carbocycles. The molecule has 0 amide bonds. The molecule has 1 fully saturated rings. The fourth-order valence-electron chi connectivity index (χ4n) is 2.87. The summed E-state index contributed by atoms with van der Waals surface area (Å²) in [6, 6.07) is 3.88. The summed E-state index contributed by atoms with van der Waals surface area (Å²) in [6.07, 6.45) is 2.75. The van der Waals surface area contributed by atoms with Crippen LogP contribution in [0.3, 0.4) is 0 Å². The van der Waals surface area contributed by atoms with Crippen molar-refractivity contribution < 1.29 is 19.0 Å². The molecule has 1 aliphatic carbocycles. The van der Waals surface area contributed by atoms with Gasteiger partial charge in [-0.25, -0.2) is 0 Å². The zero-order valence-corrected chi connectivity index (χ0v) is 10.6. The lowest BCUT2D eigenvalue weighted by Gasteiger charge is -2.40. The second-order valence-corrected chi connectivity index (χ2v) is 4.95. The van der Waals surface area contributed by atoms with E-state index in [0.717, 1.165) is 41.9 Å². The van der Waals surface area contributed by atoms with Crippen LogP contribution in [-0.4, -0.2) is 19.9 Å². The maximum atomic E-state index is 12.1. The molecule has 0 N–H and O–H groups in total. The van der Waals surface area contributed by atoms with Gasteiger partial charge in [-0.05, 0) is 43.0 Å². The number of carbonyl (C=O) groups excluding carboxylic acids is 1. The molecule has 4 nitrogen and oxygen atoms in total.